The Balaban J connectivity index is 0.000000461. The van der Waals surface area contributed by atoms with E-state index in [-0.39, 0.29) is 5.56 Å². The van der Waals surface area contributed by atoms with Gasteiger partial charge >= 0.3 is 0 Å². The summed E-state index contributed by atoms with van der Waals surface area (Å²) in [6, 6.07) is 1.86. The maximum atomic E-state index is 11.2. The summed E-state index contributed by atoms with van der Waals surface area (Å²) in [4.78, 5) is 17.1. The van der Waals surface area contributed by atoms with E-state index in [0.717, 1.165) is 22.2 Å². The van der Waals surface area contributed by atoms with Crippen LogP contribution in [0.4, 0.5) is 0 Å². The van der Waals surface area contributed by atoms with Crippen LogP contribution in [0.2, 0.25) is 0 Å². The fourth-order valence-corrected chi connectivity index (χ4v) is 1.32. The minimum atomic E-state index is -0.00907. The second kappa shape index (κ2) is 4.13. The Kier molecular flexibility index (Phi) is 3.12. The van der Waals surface area contributed by atoms with Crippen LogP contribution in [0.15, 0.2) is 17.1 Å². The number of hydrogen-bond acceptors (Lipinski definition) is 1. The van der Waals surface area contributed by atoms with Crippen LogP contribution in [0.3, 0.4) is 0 Å². The maximum absolute atomic E-state index is 11.2. The van der Waals surface area contributed by atoms with Crippen molar-refractivity contribution < 1.29 is 0 Å². The topological polar surface area (TPSA) is 48.6 Å². The Morgan fingerprint density at radius 2 is 1.79 bits per heavy atom. The van der Waals surface area contributed by atoms with Gasteiger partial charge in [-0.2, -0.15) is 0 Å². The Hall–Kier alpha value is -1.51. The molecule has 0 bridgehead atoms. The molecule has 0 aromatic carbocycles. The summed E-state index contributed by atoms with van der Waals surface area (Å²) in [5, 5.41) is 0. The Morgan fingerprint density at radius 1 is 1.14 bits per heavy atom. The van der Waals surface area contributed by atoms with Gasteiger partial charge in [-0.05, 0) is 25.5 Å². The van der Waals surface area contributed by atoms with E-state index in [4.69, 9.17) is 0 Å². The van der Waals surface area contributed by atoms with Gasteiger partial charge in [-0.1, -0.05) is 13.8 Å². The summed E-state index contributed by atoms with van der Waals surface area (Å²) in [6.45, 7) is 7.76. The monoisotopic (exact) mass is 192 g/mol. The average molecular weight is 192 g/mol. The van der Waals surface area contributed by atoms with Crippen molar-refractivity contribution in [2.24, 2.45) is 0 Å². The van der Waals surface area contributed by atoms with E-state index >= 15 is 0 Å². The number of aromatic amines is 2. The molecule has 3 nitrogen and oxygen atoms in total. The molecule has 0 unspecified atom stereocenters. The molecule has 2 aromatic rings. The number of hydrogen-bond donors (Lipinski definition) is 2. The van der Waals surface area contributed by atoms with Crippen LogP contribution in [-0.4, -0.2) is 9.97 Å². The van der Waals surface area contributed by atoms with Crippen molar-refractivity contribution in [3.63, 3.8) is 0 Å². The SMILES string of the molecule is CC.Cc1cc2[nH]cc(C)c2[nH]c1=O. The van der Waals surface area contributed by atoms with E-state index in [1.165, 1.54) is 0 Å². The maximum Gasteiger partial charge on any atom is 0.251 e. The molecule has 0 atom stereocenters. The fourth-order valence-electron chi connectivity index (χ4n) is 1.32. The minimum Gasteiger partial charge on any atom is -0.360 e. The van der Waals surface area contributed by atoms with Crippen LogP contribution >= 0.6 is 0 Å². The summed E-state index contributed by atoms with van der Waals surface area (Å²) in [7, 11) is 0. The molecule has 0 fully saturated rings. The zero-order valence-electron chi connectivity index (χ0n) is 9.06. The smallest absolute Gasteiger partial charge is 0.251 e. The number of aryl methyl sites for hydroxylation is 2. The van der Waals surface area contributed by atoms with Crippen LogP contribution < -0.4 is 5.56 Å². The molecule has 3 heteroatoms. The van der Waals surface area contributed by atoms with Crippen LogP contribution in [-0.2, 0) is 0 Å². The van der Waals surface area contributed by atoms with Crippen molar-refractivity contribution in [3.05, 3.63) is 33.7 Å². The summed E-state index contributed by atoms with van der Waals surface area (Å²) in [5.41, 5.74) is 3.70. The summed E-state index contributed by atoms with van der Waals surface area (Å²) in [6.07, 6.45) is 1.89. The second-order valence-corrected chi connectivity index (χ2v) is 3.04. The predicted molar refractivity (Wildman–Crippen MR) is 59.7 cm³/mol. The van der Waals surface area contributed by atoms with E-state index in [1.807, 2.05) is 33.0 Å². The highest BCUT2D eigenvalue weighted by Crippen LogP contribution is 2.12. The normalized spacial score (nSPS) is 9.71. The van der Waals surface area contributed by atoms with Gasteiger partial charge in [-0.15, -0.1) is 0 Å². The Bertz CT molecular complexity index is 479. The first-order valence-corrected chi connectivity index (χ1v) is 4.86. The van der Waals surface area contributed by atoms with Crippen LogP contribution in [0.25, 0.3) is 11.0 Å². The molecule has 0 spiro atoms. The van der Waals surface area contributed by atoms with E-state index in [0.29, 0.717) is 0 Å². The van der Waals surface area contributed by atoms with Crippen molar-refractivity contribution in [2.45, 2.75) is 27.7 Å². The molecule has 0 amide bonds. The highest BCUT2D eigenvalue weighted by Gasteiger charge is 2.01. The third kappa shape index (κ3) is 1.71. The number of H-pyrrole nitrogens is 2. The number of nitrogens with one attached hydrogen (secondary N) is 2. The zero-order valence-corrected chi connectivity index (χ0v) is 9.06. The van der Waals surface area contributed by atoms with Crippen molar-refractivity contribution in [3.8, 4) is 0 Å². The highest BCUT2D eigenvalue weighted by atomic mass is 16.1. The van der Waals surface area contributed by atoms with Gasteiger partial charge in [0, 0.05) is 11.8 Å². The second-order valence-electron chi connectivity index (χ2n) is 3.04. The molecule has 2 aromatic heterocycles. The van der Waals surface area contributed by atoms with Crippen LogP contribution in [0.1, 0.15) is 25.0 Å². The molecule has 0 aliphatic carbocycles. The molecule has 2 N–H and O–H groups in total. The molecule has 14 heavy (non-hydrogen) atoms. The summed E-state index contributed by atoms with van der Waals surface area (Å²) >= 11 is 0. The molecular formula is C11H16N2O. The molecule has 2 heterocycles. The molecular weight excluding hydrogens is 176 g/mol. The number of fused-ring (bicyclic) bond motifs is 1. The lowest BCUT2D eigenvalue weighted by molar-refractivity contribution is 1.23. The highest BCUT2D eigenvalue weighted by molar-refractivity contribution is 5.78. The lowest BCUT2D eigenvalue weighted by Crippen LogP contribution is -2.08. The van der Waals surface area contributed by atoms with Gasteiger partial charge in [-0.3, -0.25) is 4.79 Å². The molecule has 2 rings (SSSR count). The third-order valence-corrected chi connectivity index (χ3v) is 2.07. The Labute approximate surface area is 83.2 Å². The van der Waals surface area contributed by atoms with Crippen molar-refractivity contribution in [1.29, 1.82) is 0 Å². The van der Waals surface area contributed by atoms with Crippen molar-refractivity contribution in [2.75, 3.05) is 0 Å². The standard InChI is InChI=1S/C9H10N2O.C2H6/c1-5-3-7-8(11-9(5)12)6(2)4-10-7;1-2/h3-4,10H,1-2H3,(H,11,12);1-2H3. The number of rotatable bonds is 0. The molecule has 0 aliphatic heterocycles. The molecule has 76 valence electrons. The summed E-state index contributed by atoms with van der Waals surface area (Å²) < 4.78 is 0. The third-order valence-electron chi connectivity index (χ3n) is 2.07. The number of aromatic nitrogens is 2. The van der Waals surface area contributed by atoms with Crippen molar-refractivity contribution >= 4 is 11.0 Å². The average Bonchev–Trinajstić information content (AvgIpc) is 2.53. The number of pyridine rings is 1. The first-order chi connectivity index (χ1) is 6.68. The zero-order chi connectivity index (χ0) is 10.7. The van der Waals surface area contributed by atoms with Gasteiger partial charge < -0.3 is 9.97 Å². The van der Waals surface area contributed by atoms with Gasteiger partial charge in [0.25, 0.3) is 5.56 Å². The molecule has 0 saturated heterocycles. The first kappa shape index (κ1) is 10.6. The Morgan fingerprint density at radius 3 is 2.43 bits per heavy atom. The van der Waals surface area contributed by atoms with Crippen LogP contribution in [0.5, 0.6) is 0 Å². The van der Waals surface area contributed by atoms with E-state index in [9.17, 15) is 4.79 Å². The van der Waals surface area contributed by atoms with Gasteiger partial charge in [0.2, 0.25) is 0 Å². The van der Waals surface area contributed by atoms with Gasteiger partial charge in [-0.25, -0.2) is 0 Å². The largest absolute Gasteiger partial charge is 0.360 e. The van der Waals surface area contributed by atoms with E-state index in [2.05, 4.69) is 9.97 Å². The lowest BCUT2D eigenvalue weighted by atomic mass is 10.2. The van der Waals surface area contributed by atoms with Crippen molar-refractivity contribution in [1.82, 2.24) is 9.97 Å². The van der Waals surface area contributed by atoms with Gasteiger partial charge in [0.1, 0.15) is 0 Å². The minimum absolute atomic E-state index is 0.00907. The van der Waals surface area contributed by atoms with Gasteiger partial charge in [0.15, 0.2) is 0 Å². The van der Waals surface area contributed by atoms with Gasteiger partial charge in [0.05, 0.1) is 11.0 Å². The molecule has 0 aliphatic rings. The quantitative estimate of drug-likeness (QED) is 0.662. The van der Waals surface area contributed by atoms with Crippen LogP contribution in [0, 0.1) is 13.8 Å². The van der Waals surface area contributed by atoms with E-state index < -0.39 is 0 Å². The fraction of sp³-hybridized carbons (Fsp3) is 0.364. The lowest BCUT2D eigenvalue weighted by Gasteiger charge is -1.93. The summed E-state index contributed by atoms with van der Waals surface area (Å²) in [5.74, 6) is 0. The first-order valence-electron chi connectivity index (χ1n) is 4.86. The predicted octanol–water partition coefficient (Wildman–Crippen LogP) is 2.50. The molecule has 0 saturated carbocycles. The van der Waals surface area contributed by atoms with E-state index in [1.54, 1.807) is 6.92 Å². The molecule has 0 radical (unpaired) electrons.